The predicted octanol–water partition coefficient (Wildman–Crippen LogP) is -2.28. The van der Waals surface area contributed by atoms with Crippen molar-refractivity contribution in [1.82, 2.24) is 0 Å². The van der Waals surface area contributed by atoms with E-state index in [0.717, 1.165) is 6.42 Å². The smallest absolute Gasteiger partial charge is 0.331 e. The number of nitrogens with two attached hydrogens (primary N) is 4. The number of esters is 2. The van der Waals surface area contributed by atoms with Crippen LogP contribution in [0.5, 0.6) is 0 Å². The maximum absolute atomic E-state index is 11.4. The SMILES string of the molecule is NCCCC[C@H](N)C(=O)OC(=O)[C@@H](N)CC(N)=O. The van der Waals surface area contributed by atoms with Gasteiger partial charge in [0.1, 0.15) is 12.1 Å². The third kappa shape index (κ3) is 6.94. The maximum Gasteiger partial charge on any atom is 0.331 e. The lowest BCUT2D eigenvalue weighted by Crippen LogP contribution is -2.41. The normalized spacial score (nSPS) is 13.7. The number of amides is 1. The summed E-state index contributed by atoms with van der Waals surface area (Å²) in [6.07, 6.45) is 1.38. The van der Waals surface area contributed by atoms with E-state index < -0.39 is 29.9 Å². The Morgan fingerprint density at radius 2 is 1.56 bits per heavy atom. The molecule has 8 N–H and O–H groups in total. The summed E-state index contributed by atoms with van der Waals surface area (Å²) in [7, 11) is 0. The molecule has 104 valence electrons. The van der Waals surface area contributed by atoms with Crippen molar-refractivity contribution in [3.05, 3.63) is 0 Å². The van der Waals surface area contributed by atoms with Gasteiger partial charge in [0.2, 0.25) is 5.91 Å². The van der Waals surface area contributed by atoms with Crippen molar-refractivity contribution in [1.29, 1.82) is 0 Å². The molecular formula is C10H20N4O4. The van der Waals surface area contributed by atoms with Crippen molar-refractivity contribution < 1.29 is 19.1 Å². The van der Waals surface area contributed by atoms with Crippen LogP contribution >= 0.6 is 0 Å². The Bertz CT molecular complexity index is 308. The molecule has 0 aliphatic heterocycles. The second-order valence-electron chi connectivity index (χ2n) is 3.91. The van der Waals surface area contributed by atoms with Crippen molar-refractivity contribution >= 4 is 17.8 Å². The zero-order valence-corrected chi connectivity index (χ0v) is 10.1. The average molecular weight is 260 g/mol. The average Bonchev–Trinajstić information content (AvgIpc) is 2.28. The van der Waals surface area contributed by atoms with E-state index >= 15 is 0 Å². The van der Waals surface area contributed by atoms with Crippen LogP contribution < -0.4 is 22.9 Å². The first-order chi connectivity index (χ1) is 8.38. The van der Waals surface area contributed by atoms with Crippen LogP contribution in [-0.4, -0.2) is 36.5 Å². The van der Waals surface area contributed by atoms with E-state index in [4.69, 9.17) is 22.9 Å². The molecule has 1 amide bonds. The van der Waals surface area contributed by atoms with Crippen molar-refractivity contribution in [2.24, 2.45) is 22.9 Å². The Balaban J connectivity index is 4.05. The number of ether oxygens (including phenoxy) is 1. The van der Waals surface area contributed by atoms with Gasteiger partial charge in [-0.05, 0) is 19.4 Å². The molecule has 0 spiro atoms. The van der Waals surface area contributed by atoms with Crippen molar-refractivity contribution in [3.63, 3.8) is 0 Å². The molecule has 0 fully saturated rings. The van der Waals surface area contributed by atoms with Gasteiger partial charge in [-0.1, -0.05) is 6.42 Å². The fraction of sp³-hybridized carbons (Fsp3) is 0.700. The number of rotatable bonds is 8. The van der Waals surface area contributed by atoms with Gasteiger partial charge >= 0.3 is 11.9 Å². The molecule has 0 aliphatic carbocycles. The van der Waals surface area contributed by atoms with Gasteiger partial charge in [0.25, 0.3) is 0 Å². The molecule has 0 aliphatic rings. The predicted molar refractivity (Wildman–Crippen MR) is 63.8 cm³/mol. The number of unbranched alkanes of at least 4 members (excludes halogenated alkanes) is 1. The van der Waals surface area contributed by atoms with E-state index in [0.29, 0.717) is 19.4 Å². The second-order valence-corrected chi connectivity index (χ2v) is 3.91. The van der Waals surface area contributed by atoms with Crippen LogP contribution in [0.3, 0.4) is 0 Å². The molecule has 0 aromatic heterocycles. The highest BCUT2D eigenvalue weighted by Gasteiger charge is 2.23. The number of hydrogen-bond acceptors (Lipinski definition) is 7. The molecule has 0 aromatic carbocycles. The highest BCUT2D eigenvalue weighted by Crippen LogP contribution is 2.01. The van der Waals surface area contributed by atoms with Crippen molar-refractivity contribution in [3.8, 4) is 0 Å². The summed E-state index contributed by atoms with van der Waals surface area (Å²) >= 11 is 0. The molecular weight excluding hydrogens is 240 g/mol. The van der Waals surface area contributed by atoms with E-state index in [9.17, 15) is 14.4 Å². The molecule has 8 nitrogen and oxygen atoms in total. The van der Waals surface area contributed by atoms with Crippen LogP contribution in [-0.2, 0) is 19.1 Å². The van der Waals surface area contributed by atoms with Crippen LogP contribution in [0.25, 0.3) is 0 Å². The first kappa shape index (κ1) is 16.5. The number of primary amides is 1. The summed E-state index contributed by atoms with van der Waals surface area (Å²) in [5.74, 6) is -2.62. The van der Waals surface area contributed by atoms with Crippen molar-refractivity contribution in [2.45, 2.75) is 37.8 Å². The number of carbonyl (C=O) groups is 3. The lowest BCUT2D eigenvalue weighted by atomic mass is 10.1. The van der Waals surface area contributed by atoms with E-state index in [-0.39, 0.29) is 6.42 Å². The Kier molecular flexibility index (Phi) is 7.84. The summed E-state index contributed by atoms with van der Waals surface area (Å²) in [6, 6.07) is -2.15. The third-order valence-electron chi connectivity index (χ3n) is 2.20. The van der Waals surface area contributed by atoms with E-state index in [1.165, 1.54) is 0 Å². The van der Waals surface area contributed by atoms with E-state index in [1.54, 1.807) is 0 Å². The Morgan fingerprint density at radius 3 is 2.06 bits per heavy atom. The zero-order valence-electron chi connectivity index (χ0n) is 10.1. The molecule has 0 saturated carbocycles. The summed E-state index contributed by atoms with van der Waals surface area (Å²) < 4.78 is 4.44. The minimum absolute atomic E-state index is 0.369. The van der Waals surface area contributed by atoms with Gasteiger partial charge in [0, 0.05) is 0 Å². The second kappa shape index (κ2) is 8.56. The molecule has 2 atom stereocenters. The van der Waals surface area contributed by atoms with Gasteiger partial charge in [-0.25, -0.2) is 9.59 Å². The minimum Gasteiger partial charge on any atom is -0.391 e. The van der Waals surface area contributed by atoms with Gasteiger partial charge in [-0.2, -0.15) is 0 Å². The van der Waals surface area contributed by atoms with Crippen LogP contribution in [0, 0.1) is 0 Å². The Hall–Kier alpha value is -1.51. The molecule has 0 heterocycles. The summed E-state index contributed by atoms with van der Waals surface area (Å²) in [6.45, 7) is 0.504. The molecule has 0 radical (unpaired) electrons. The molecule has 8 heteroatoms. The van der Waals surface area contributed by atoms with E-state index in [1.807, 2.05) is 0 Å². The molecule has 0 aromatic rings. The van der Waals surface area contributed by atoms with Gasteiger partial charge in [0.05, 0.1) is 6.42 Å². The zero-order chi connectivity index (χ0) is 14.1. The molecule has 0 rings (SSSR count). The maximum atomic E-state index is 11.4. The summed E-state index contributed by atoms with van der Waals surface area (Å²) in [5, 5.41) is 0. The monoisotopic (exact) mass is 260 g/mol. The van der Waals surface area contributed by atoms with Gasteiger partial charge in [-0.3, -0.25) is 4.79 Å². The van der Waals surface area contributed by atoms with Crippen LogP contribution in [0.15, 0.2) is 0 Å². The van der Waals surface area contributed by atoms with Crippen LogP contribution in [0.2, 0.25) is 0 Å². The van der Waals surface area contributed by atoms with Crippen molar-refractivity contribution in [2.75, 3.05) is 6.54 Å². The molecule has 0 unspecified atom stereocenters. The van der Waals surface area contributed by atoms with Gasteiger partial charge in [0.15, 0.2) is 0 Å². The van der Waals surface area contributed by atoms with E-state index in [2.05, 4.69) is 4.74 Å². The fourth-order valence-corrected chi connectivity index (χ4v) is 1.18. The minimum atomic E-state index is -1.25. The Labute approximate surface area is 105 Å². The summed E-state index contributed by atoms with van der Waals surface area (Å²) in [4.78, 5) is 33.2. The first-order valence-corrected chi connectivity index (χ1v) is 5.63. The highest BCUT2D eigenvalue weighted by molar-refractivity contribution is 5.92. The molecule has 0 saturated heterocycles. The standard InChI is InChI=1S/C10H20N4O4/c11-4-2-1-3-6(12)9(16)18-10(17)7(13)5-8(14)15/h6-7H,1-5,11-13H2,(H2,14,15)/t6-,7-/m0/s1. The molecule has 0 bridgehead atoms. The van der Waals surface area contributed by atoms with Crippen LogP contribution in [0.4, 0.5) is 0 Å². The lowest BCUT2D eigenvalue weighted by molar-refractivity contribution is -0.162. The Morgan fingerprint density at radius 1 is 1.00 bits per heavy atom. The fourth-order valence-electron chi connectivity index (χ4n) is 1.18. The van der Waals surface area contributed by atoms with Gasteiger partial charge < -0.3 is 27.7 Å². The molecule has 18 heavy (non-hydrogen) atoms. The summed E-state index contributed by atoms with van der Waals surface area (Å²) in [5.41, 5.74) is 21.0. The quantitative estimate of drug-likeness (QED) is 0.217. The lowest BCUT2D eigenvalue weighted by Gasteiger charge is -2.12. The number of carbonyl (C=O) groups excluding carboxylic acids is 3. The third-order valence-corrected chi connectivity index (χ3v) is 2.20. The topological polar surface area (TPSA) is 165 Å². The largest absolute Gasteiger partial charge is 0.391 e. The highest BCUT2D eigenvalue weighted by atomic mass is 16.6. The van der Waals surface area contributed by atoms with Crippen LogP contribution in [0.1, 0.15) is 25.7 Å². The first-order valence-electron chi connectivity index (χ1n) is 5.63. The van der Waals surface area contributed by atoms with Gasteiger partial charge in [-0.15, -0.1) is 0 Å². The number of hydrogen-bond donors (Lipinski definition) is 4.